The number of nitrogens with zero attached hydrogens (tertiary/aromatic N) is 4. The zero-order valence-corrected chi connectivity index (χ0v) is 14.5. The molecule has 0 bridgehead atoms. The van der Waals surface area contributed by atoms with Crippen molar-refractivity contribution in [2.45, 2.75) is 0 Å². The van der Waals surface area contributed by atoms with E-state index in [4.69, 9.17) is 18.0 Å². The van der Waals surface area contributed by atoms with Gasteiger partial charge in [0.25, 0.3) is 0 Å². The predicted molar refractivity (Wildman–Crippen MR) is 76.9 cm³/mol. The van der Waals surface area contributed by atoms with Crippen LogP contribution in [-0.2, 0) is 18.0 Å². The Hall–Kier alpha value is -0.110. The normalized spacial score (nSPS) is 18.7. The number of hydrogen-bond donors (Lipinski definition) is 0. The van der Waals surface area contributed by atoms with E-state index in [-0.39, 0.29) is 14.4 Å². The van der Waals surface area contributed by atoms with Crippen LogP contribution in [0.2, 0.25) is 0 Å². The van der Waals surface area contributed by atoms with Crippen LogP contribution in [0, 0.1) is 0 Å². The molecule has 0 aliphatic rings. The quantitative estimate of drug-likeness (QED) is 0.340. The Morgan fingerprint density at radius 1 is 0.947 bits per heavy atom. The molecular weight excluding hydrogens is 367 g/mol. The van der Waals surface area contributed by atoms with Crippen LogP contribution in [0.15, 0.2) is 25.6 Å². The van der Waals surface area contributed by atoms with E-state index in [1.807, 2.05) is 0 Å². The molecule has 0 aromatic rings. The molecule has 2 unspecified atom stereocenters. The molecule has 2 atom stereocenters. The average Bonchev–Trinajstić information content (AvgIpc) is 2.26. The van der Waals surface area contributed by atoms with E-state index < -0.39 is 0 Å². The molecule has 9 heteroatoms. The summed E-state index contributed by atoms with van der Waals surface area (Å²) in [5.41, 5.74) is 0. The van der Waals surface area contributed by atoms with E-state index in [0.717, 1.165) is 0 Å². The molecule has 0 saturated heterocycles. The van der Waals surface area contributed by atoms with Crippen molar-refractivity contribution < 1.29 is 32.4 Å². The number of hydroxylamine groups is 14. The van der Waals surface area contributed by atoms with Gasteiger partial charge in [-0.1, -0.05) is 8.11 Å². The van der Waals surface area contributed by atoms with Crippen molar-refractivity contribution in [1.29, 1.82) is 0 Å². The van der Waals surface area contributed by atoms with Gasteiger partial charge in [0.15, 0.2) is 35.4 Å². The third-order valence-electron chi connectivity index (χ3n) is 1.84. The molecular formula is C10H24IN4O4+3. The van der Waals surface area contributed by atoms with Crippen molar-refractivity contribution in [3.63, 3.8) is 0 Å². The van der Waals surface area contributed by atoms with Gasteiger partial charge in [-0.2, -0.15) is 0 Å². The first-order chi connectivity index (χ1) is 8.51. The molecule has 0 aromatic carbocycles. The molecule has 8 nitrogen and oxygen atoms in total. The Labute approximate surface area is 128 Å². The van der Waals surface area contributed by atoms with Gasteiger partial charge >= 0.3 is 0 Å². The summed E-state index contributed by atoms with van der Waals surface area (Å²) in [5.74, 6) is 0. The van der Waals surface area contributed by atoms with E-state index in [2.05, 4.69) is 13.2 Å². The van der Waals surface area contributed by atoms with Crippen LogP contribution in [0.3, 0.4) is 0 Å². The predicted octanol–water partition coefficient (Wildman–Crippen LogP) is 1.63. The maximum absolute atomic E-state index is 5.71. The Balaban J connectivity index is 4.91. The summed E-state index contributed by atoms with van der Waals surface area (Å²) in [7, 11) is 10.2. The Kier molecular flexibility index (Phi) is 7.02. The highest BCUT2D eigenvalue weighted by Gasteiger charge is 2.45. The second kappa shape index (κ2) is 7.06. The fourth-order valence-electron chi connectivity index (χ4n) is 1.28. The minimum absolute atomic E-state index is 0.313. The largest absolute Gasteiger partial charge is 0.194 e. The smallest absolute Gasteiger partial charge is 0.137 e. The van der Waals surface area contributed by atoms with Gasteiger partial charge in [-0.05, 0) is 13.2 Å². The van der Waals surface area contributed by atoms with Crippen molar-refractivity contribution >= 4 is 23.0 Å². The van der Waals surface area contributed by atoms with E-state index in [1.165, 1.54) is 17.5 Å². The molecule has 0 amide bonds. The van der Waals surface area contributed by atoms with E-state index in [0.29, 0.717) is 0 Å². The molecule has 0 rings (SSSR count). The minimum atomic E-state index is -0.349. The van der Waals surface area contributed by atoms with Crippen LogP contribution in [-0.4, -0.2) is 61.8 Å². The van der Waals surface area contributed by atoms with Gasteiger partial charge in [-0.3, -0.25) is 0 Å². The van der Waals surface area contributed by atoms with Crippen LogP contribution in [0.1, 0.15) is 0 Å². The lowest BCUT2D eigenvalue weighted by molar-refractivity contribution is -1.52. The Morgan fingerprint density at radius 3 is 1.68 bits per heavy atom. The summed E-state index contributed by atoms with van der Waals surface area (Å²) in [4.78, 5) is 15.8. The summed E-state index contributed by atoms with van der Waals surface area (Å²) in [5, 5.41) is 1.50. The average molecular weight is 391 g/mol. The van der Waals surface area contributed by atoms with Crippen LogP contribution in [0.4, 0.5) is 0 Å². The third-order valence-corrected chi connectivity index (χ3v) is 2.63. The zero-order chi connectivity index (χ0) is 15.3. The van der Waals surface area contributed by atoms with Gasteiger partial charge in [0, 0.05) is 18.9 Å². The van der Waals surface area contributed by atoms with Crippen molar-refractivity contribution in [3.8, 4) is 0 Å². The van der Waals surface area contributed by atoms with Crippen LogP contribution < -0.4 is 0 Å². The van der Waals surface area contributed by atoms with Gasteiger partial charge in [0.2, 0.25) is 0 Å². The first kappa shape index (κ1) is 18.9. The highest BCUT2D eigenvalue weighted by molar-refractivity contribution is 14.1. The monoisotopic (exact) mass is 391 g/mol. The Bertz CT molecular complexity index is 329. The fourth-order valence-corrected chi connectivity index (χ4v) is 1.51. The molecule has 0 N–H and O–H groups in total. The minimum Gasteiger partial charge on any atom is -0.137 e. The molecule has 112 valence electrons. The van der Waals surface area contributed by atoms with Crippen LogP contribution in [0.5, 0.6) is 0 Å². The number of quaternary nitrogens is 3. The van der Waals surface area contributed by atoms with Crippen LogP contribution in [0.25, 0.3) is 0 Å². The lowest BCUT2D eigenvalue weighted by Gasteiger charge is -2.31. The molecule has 0 aliphatic carbocycles. The molecule has 0 fully saturated rings. The molecule has 0 heterocycles. The molecule has 0 saturated carbocycles. The maximum Gasteiger partial charge on any atom is 0.194 e. The van der Waals surface area contributed by atoms with E-state index in [9.17, 15) is 0 Å². The van der Waals surface area contributed by atoms with E-state index in [1.54, 1.807) is 65.3 Å². The SMILES string of the molecule is C=C[N+](C)(OI)O[N+](C)(C)O[N+](C)(C=C)ON(C)C. The lowest BCUT2D eigenvalue weighted by atomic mass is 10.9. The molecule has 19 heavy (non-hydrogen) atoms. The number of rotatable bonds is 9. The van der Waals surface area contributed by atoms with Crippen molar-refractivity contribution in [2.24, 2.45) is 0 Å². The molecule has 0 radical (unpaired) electrons. The summed E-state index contributed by atoms with van der Waals surface area (Å²) in [6, 6.07) is 0. The highest BCUT2D eigenvalue weighted by atomic mass is 127. The fraction of sp³-hybridized carbons (Fsp3) is 0.600. The van der Waals surface area contributed by atoms with Gasteiger partial charge < -0.3 is 0 Å². The number of hydrogen-bond acceptors (Lipinski definition) is 5. The van der Waals surface area contributed by atoms with Crippen molar-refractivity contribution in [3.05, 3.63) is 25.6 Å². The second-order valence-electron chi connectivity index (χ2n) is 4.56. The zero-order valence-electron chi connectivity index (χ0n) is 12.4. The second-order valence-corrected chi connectivity index (χ2v) is 4.95. The first-order valence-electron chi connectivity index (χ1n) is 5.45. The maximum atomic E-state index is 5.71. The highest BCUT2D eigenvalue weighted by Crippen LogP contribution is 2.21. The molecule has 0 aliphatic heterocycles. The number of halogens is 1. The first-order valence-corrected chi connectivity index (χ1v) is 6.33. The Morgan fingerprint density at radius 2 is 1.37 bits per heavy atom. The van der Waals surface area contributed by atoms with Crippen molar-refractivity contribution in [1.82, 2.24) is 5.06 Å². The van der Waals surface area contributed by atoms with Gasteiger partial charge in [0.1, 0.15) is 28.2 Å². The van der Waals surface area contributed by atoms with Crippen molar-refractivity contribution in [2.75, 3.05) is 42.3 Å². The van der Waals surface area contributed by atoms with Gasteiger partial charge in [-0.25, -0.2) is 0 Å². The third kappa shape index (κ3) is 6.74. The lowest BCUT2D eigenvalue weighted by Crippen LogP contribution is -2.58. The summed E-state index contributed by atoms with van der Waals surface area (Å²) in [6.07, 6.45) is 2.95. The van der Waals surface area contributed by atoms with Gasteiger partial charge in [-0.15, -0.1) is 5.06 Å². The summed E-state index contributed by atoms with van der Waals surface area (Å²) < 4.78 is 5.14. The topological polar surface area (TPSA) is 40.2 Å². The molecule has 0 spiro atoms. The van der Waals surface area contributed by atoms with Crippen LogP contribution >= 0.6 is 23.0 Å². The summed E-state index contributed by atoms with van der Waals surface area (Å²) >= 11 is 1.72. The van der Waals surface area contributed by atoms with E-state index >= 15 is 0 Å². The standard InChI is InChI=1S/C10H24IN4O4/c1-9-14(7,16-11)18-13(5,6)19-15(8,10-2)17-12(3)4/h9-10H,1-2H2,3-8H3/q+3. The van der Waals surface area contributed by atoms with Gasteiger partial charge in [0.05, 0.1) is 19.5 Å². The molecule has 0 aromatic heterocycles. The summed E-state index contributed by atoms with van der Waals surface area (Å²) in [6.45, 7) is 7.32.